The lowest BCUT2D eigenvalue weighted by atomic mass is 10.0. The molecule has 202 valence electrons. The number of amides is 1. The Labute approximate surface area is 227 Å². The molecule has 0 aliphatic carbocycles. The number of benzene rings is 2. The summed E-state index contributed by atoms with van der Waals surface area (Å²) in [6, 6.07) is 14.6. The van der Waals surface area contributed by atoms with Gasteiger partial charge in [0, 0.05) is 62.6 Å². The Morgan fingerprint density at radius 3 is 2.74 bits per heavy atom. The third kappa shape index (κ3) is 5.92. The number of aromatic hydroxyl groups is 1. The van der Waals surface area contributed by atoms with Gasteiger partial charge in [0.25, 0.3) is 5.91 Å². The molecule has 4 N–H and O–H groups in total. The number of imidazole rings is 1. The van der Waals surface area contributed by atoms with E-state index >= 15 is 0 Å². The van der Waals surface area contributed by atoms with Crippen LogP contribution in [0.15, 0.2) is 54.7 Å². The highest BCUT2D eigenvalue weighted by molar-refractivity contribution is 5.97. The predicted molar refractivity (Wildman–Crippen MR) is 151 cm³/mol. The van der Waals surface area contributed by atoms with Crippen molar-refractivity contribution in [3.63, 3.8) is 0 Å². The number of hydrogen-bond acceptors (Lipinski definition) is 8. The number of pyridine rings is 1. The van der Waals surface area contributed by atoms with E-state index in [4.69, 9.17) is 10.1 Å². The lowest BCUT2D eigenvalue weighted by Gasteiger charge is -2.36. The van der Waals surface area contributed by atoms with Gasteiger partial charge < -0.3 is 20.1 Å². The summed E-state index contributed by atoms with van der Waals surface area (Å²) in [6.45, 7) is 10.0. The first kappa shape index (κ1) is 26.3. The lowest BCUT2D eigenvalue weighted by Crippen LogP contribution is -2.50. The molecule has 0 bridgehead atoms. The van der Waals surface area contributed by atoms with Gasteiger partial charge in [0.05, 0.1) is 16.6 Å². The molecule has 0 radical (unpaired) electrons. The largest absolute Gasteiger partial charge is 0.507 e. The number of aromatic nitrogens is 3. The van der Waals surface area contributed by atoms with Crippen molar-refractivity contribution in [3.05, 3.63) is 60.3 Å². The molecule has 1 aliphatic rings. The van der Waals surface area contributed by atoms with Crippen molar-refractivity contribution in [1.29, 1.82) is 5.41 Å². The molecule has 0 saturated carbocycles. The van der Waals surface area contributed by atoms with E-state index < -0.39 is 0 Å². The summed E-state index contributed by atoms with van der Waals surface area (Å²) in [5.41, 5.74) is 3.85. The molecule has 0 unspecified atom stereocenters. The van der Waals surface area contributed by atoms with Crippen molar-refractivity contribution in [2.24, 2.45) is 0 Å². The number of carbonyl (C=O) groups excluding carboxylic acids is 1. The summed E-state index contributed by atoms with van der Waals surface area (Å²) in [7, 11) is 0. The van der Waals surface area contributed by atoms with Crippen LogP contribution in [0.1, 0.15) is 24.2 Å². The highest BCUT2D eigenvalue weighted by atomic mass is 16.5. The molecule has 2 aromatic carbocycles. The molecular weight excluding hydrogens is 494 g/mol. The molecule has 2 aromatic heterocycles. The third-order valence-corrected chi connectivity index (χ3v) is 7.10. The quantitative estimate of drug-likeness (QED) is 0.193. The van der Waals surface area contributed by atoms with E-state index in [0.29, 0.717) is 52.0 Å². The maximum Gasteiger partial charge on any atom is 0.251 e. The van der Waals surface area contributed by atoms with Crippen molar-refractivity contribution >= 4 is 23.3 Å². The van der Waals surface area contributed by atoms with E-state index in [9.17, 15) is 9.90 Å². The molecule has 0 spiro atoms. The highest BCUT2D eigenvalue weighted by Crippen LogP contribution is 2.35. The van der Waals surface area contributed by atoms with Crippen LogP contribution in [0, 0.1) is 5.41 Å². The van der Waals surface area contributed by atoms with Crippen LogP contribution >= 0.6 is 0 Å². The average Bonchev–Trinajstić information content (AvgIpc) is 3.37. The predicted octanol–water partition coefficient (Wildman–Crippen LogP) is 3.74. The summed E-state index contributed by atoms with van der Waals surface area (Å²) in [5.74, 6) is 0.695. The van der Waals surface area contributed by atoms with Gasteiger partial charge in [0.1, 0.15) is 11.6 Å². The number of rotatable bonds is 9. The van der Waals surface area contributed by atoms with E-state index in [1.165, 1.54) is 0 Å². The minimum absolute atomic E-state index is 0.0587. The molecule has 10 nitrogen and oxygen atoms in total. The molecule has 1 aliphatic heterocycles. The molecule has 10 heteroatoms. The Morgan fingerprint density at radius 2 is 1.97 bits per heavy atom. The zero-order valence-electron chi connectivity index (χ0n) is 22.1. The maximum atomic E-state index is 12.8. The summed E-state index contributed by atoms with van der Waals surface area (Å²) in [4.78, 5) is 29.8. The standard InChI is InChI=1S/C29H33N7O3/c1-19(2)36-14-12-35(13-15-36)11-10-31-28(38)21-5-7-24-25(17-21)34-27(33-24)23-16-20(6-8-26(23)37)22-4-3-9-32-29(22)39-18-30/h3-9,16-19,30,37H,10-15H2,1-2H3,(H,31,38)(H,33,34). The van der Waals surface area contributed by atoms with Crippen LogP contribution in [0.4, 0.5) is 0 Å². The van der Waals surface area contributed by atoms with Gasteiger partial charge in [-0.2, -0.15) is 0 Å². The molecule has 4 aromatic rings. The van der Waals surface area contributed by atoms with Crippen molar-refractivity contribution in [2.45, 2.75) is 19.9 Å². The first-order valence-corrected chi connectivity index (χ1v) is 13.1. The first-order valence-electron chi connectivity index (χ1n) is 13.1. The van der Waals surface area contributed by atoms with E-state index in [2.05, 4.69) is 43.9 Å². The first-order chi connectivity index (χ1) is 18.9. The van der Waals surface area contributed by atoms with E-state index in [1.807, 2.05) is 6.07 Å². The third-order valence-electron chi connectivity index (χ3n) is 7.10. The number of fused-ring (bicyclic) bond motifs is 1. The summed E-state index contributed by atoms with van der Waals surface area (Å²) < 4.78 is 5.23. The van der Waals surface area contributed by atoms with Crippen LogP contribution in [0.25, 0.3) is 33.5 Å². The summed E-state index contributed by atoms with van der Waals surface area (Å²) >= 11 is 0. The van der Waals surface area contributed by atoms with Crippen molar-refractivity contribution < 1.29 is 14.6 Å². The molecule has 1 amide bonds. The number of H-pyrrole nitrogens is 1. The molecule has 0 atom stereocenters. The fourth-order valence-corrected chi connectivity index (χ4v) is 4.86. The summed E-state index contributed by atoms with van der Waals surface area (Å²) in [5, 5.41) is 20.9. The van der Waals surface area contributed by atoms with Gasteiger partial charge in [-0.15, -0.1) is 0 Å². The number of ether oxygens (including phenoxy) is 1. The van der Waals surface area contributed by atoms with Crippen LogP contribution in [-0.2, 0) is 0 Å². The topological polar surface area (TPSA) is 130 Å². The molecule has 1 fully saturated rings. The summed E-state index contributed by atoms with van der Waals surface area (Å²) in [6.07, 6.45) is 2.42. The van der Waals surface area contributed by atoms with Crippen molar-refractivity contribution in [1.82, 2.24) is 30.1 Å². The van der Waals surface area contributed by atoms with Crippen LogP contribution < -0.4 is 10.1 Å². The smallest absolute Gasteiger partial charge is 0.251 e. The molecule has 3 heterocycles. The fourth-order valence-electron chi connectivity index (χ4n) is 4.86. The normalized spacial score (nSPS) is 14.5. The zero-order valence-corrected chi connectivity index (χ0v) is 22.1. The van der Waals surface area contributed by atoms with E-state index in [0.717, 1.165) is 44.7 Å². The number of nitrogens with one attached hydrogen (secondary N) is 3. The minimum atomic E-state index is -0.131. The SMILES string of the molecule is CC(C)N1CCN(CCNC(=O)c2ccc3nc(-c4cc(-c5cccnc5OC=N)ccc4O)[nH]c3c2)CC1. The van der Waals surface area contributed by atoms with Crippen LogP contribution in [0.2, 0.25) is 0 Å². The Balaban J connectivity index is 1.28. The second-order valence-corrected chi connectivity index (χ2v) is 9.87. The number of aromatic amines is 1. The monoisotopic (exact) mass is 527 g/mol. The number of piperazine rings is 1. The second-order valence-electron chi connectivity index (χ2n) is 9.87. The fraction of sp³-hybridized carbons (Fsp3) is 0.310. The zero-order chi connectivity index (χ0) is 27.4. The number of nitrogens with zero attached hydrogens (tertiary/aromatic N) is 4. The molecule has 39 heavy (non-hydrogen) atoms. The molecule has 5 rings (SSSR count). The van der Waals surface area contributed by atoms with E-state index in [-0.39, 0.29) is 11.7 Å². The second kappa shape index (κ2) is 11.6. The number of carbonyl (C=O) groups is 1. The Morgan fingerprint density at radius 1 is 1.15 bits per heavy atom. The Hall–Kier alpha value is -4.28. The number of phenolic OH excluding ortho intramolecular Hbond substituents is 1. The lowest BCUT2D eigenvalue weighted by molar-refractivity contribution is 0.0921. The van der Waals surface area contributed by atoms with E-state index in [1.54, 1.807) is 48.7 Å². The van der Waals surface area contributed by atoms with Crippen molar-refractivity contribution in [2.75, 3.05) is 39.3 Å². The highest BCUT2D eigenvalue weighted by Gasteiger charge is 2.19. The van der Waals surface area contributed by atoms with Gasteiger partial charge in [0.2, 0.25) is 5.88 Å². The number of hydrogen-bond donors (Lipinski definition) is 4. The molecule has 1 saturated heterocycles. The van der Waals surface area contributed by atoms with Crippen LogP contribution in [0.3, 0.4) is 0 Å². The van der Waals surface area contributed by atoms with Crippen LogP contribution in [0.5, 0.6) is 11.6 Å². The van der Waals surface area contributed by atoms with Gasteiger partial charge in [0.15, 0.2) is 6.40 Å². The van der Waals surface area contributed by atoms with Gasteiger partial charge in [-0.25, -0.2) is 9.97 Å². The Bertz CT molecular complexity index is 1480. The van der Waals surface area contributed by atoms with Crippen molar-refractivity contribution in [3.8, 4) is 34.1 Å². The average molecular weight is 528 g/mol. The molecular formula is C29H33N7O3. The number of phenols is 1. The minimum Gasteiger partial charge on any atom is -0.507 e. The van der Waals surface area contributed by atoms with Gasteiger partial charge in [-0.3, -0.25) is 20.0 Å². The maximum absolute atomic E-state index is 12.8. The van der Waals surface area contributed by atoms with Crippen LogP contribution in [-0.4, -0.2) is 87.5 Å². The van der Waals surface area contributed by atoms with Gasteiger partial charge in [-0.05, 0) is 61.9 Å². The van der Waals surface area contributed by atoms with Gasteiger partial charge >= 0.3 is 0 Å². The Kier molecular flexibility index (Phi) is 7.85. The van der Waals surface area contributed by atoms with Gasteiger partial charge in [-0.1, -0.05) is 6.07 Å².